The molecule has 1 unspecified atom stereocenters. The Morgan fingerprint density at radius 2 is 2.20 bits per heavy atom. The second-order valence-electron chi connectivity index (χ2n) is 4.63. The number of hydrogen-bond donors (Lipinski definition) is 1. The summed E-state index contributed by atoms with van der Waals surface area (Å²) in [5.74, 6) is -0.867. The van der Waals surface area contributed by atoms with Gasteiger partial charge in [0.25, 0.3) is 0 Å². The van der Waals surface area contributed by atoms with Crippen LogP contribution in [0, 0.1) is 0 Å². The summed E-state index contributed by atoms with van der Waals surface area (Å²) in [6.07, 6.45) is 2.09. The van der Waals surface area contributed by atoms with E-state index in [9.17, 15) is 9.59 Å². The first kappa shape index (κ1) is 14.1. The maximum absolute atomic E-state index is 12.5. The number of hydrogen-bond acceptors (Lipinski definition) is 3. The monoisotopic (exact) mass is 275 g/mol. The number of para-hydroxylation sites is 1. The highest BCUT2D eigenvalue weighted by Crippen LogP contribution is 2.34. The average Bonchev–Trinajstić information content (AvgIpc) is 2.45. The van der Waals surface area contributed by atoms with Crippen LogP contribution in [-0.4, -0.2) is 41.6 Å². The van der Waals surface area contributed by atoms with Crippen molar-refractivity contribution in [3.8, 4) is 5.75 Å². The highest BCUT2D eigenvalue weighted by molar-refractivity contribution is 5.87. The Balaban J connectivity index is 2.23. The molecule has 5 heteroatoms. The van der Waals surface area contributed by atoms with Gasteiger partial charge in [0.1, 0.15) is 12.3 Å². The van der Waals surface area contributed by atoms with Gasteiger partial charge in [0, 0.05) is 12.1 Å². The van der Waals surface area contributed by atoms with Crippen molar-refractivity contribution in [3.63, 3.8) is 0 Å². The number of ether oxygens (including phenoxy) is 1. The van der Waals surface area contributed by atoms with E-state index >= 15 is 0 Å². The lowest BCUT2D eigenvalue weighted by Crippen LogP contribution is -2.40. The number of amides is 1. The zero-order valence-corrected chi connectivity index (χ0v) is 11.1. The molecule has 106 valence electrons. The van der Waals surface area contributed by atoms with Gasteiger partial charge in [-0.05, 0) is 12.5 Å². The number of nitrogens with zero attached hydrogens (tertiary/aromatic N) is 1. The van der Waals surface area contributed by atoms with E-state index in [2.05, 4.69) is 6.58 Å². The lowest BCUT2D eigenvalue weighted by Gasteiger charge is -2.29. The summed E-state index contributed by atoms with van der Waals surface area (Å²) in [7, 11) is 0. The lowest BCUT2D eigenvalue weighted by molar-refractivity contribution is -0.144. The van der Waals surface area contributed by atoms with Crippen LogP contribution in [0.25, 0.3) is 0 Å². The number of carboxylic acid groups (broad SMARTS) is 1. The SMILES string of the molecule is C=CCN(CC(=O)O)C(=O)C1CCOc2ccccc21. The highest BCUT2D eigenvalue weighted by Gasteiger charge is 2.31. The minimum atomic E-state index is -1.03. The van der Waals surface area contributed by atoms with E-state index in [1.54, 1.807) is 0 Å². The van der Waals surface area contributed by atoms with Gasteiger partial charge < -0.3 is 14.7 Å². The van der Waals surface area contributed by atoms with Gasteiger partial charge in [0.05, 0.1) is 12.5 Å². The third-order valence-electron chi connectivity index (χ3n) is 3.24. The molecule has 0 saturated heterocycles. The van der Waals surface area contributed by atoms with Crippen molar-refractivity contribution < 1.29 is 19.4 Å². The predicted octanol–water partition coefficient (Wildman–Crippen LogP) is 1.65. The fourth-order valence-electron chi connectivity index (χ4n) is 2.37. The zero-order valence-electron chi connectivity index (χ0n) is 11.1. The highest BCUT2D eigenvalue weighted by atomic mass is 16.5. The van der Waals surface area contributed by atoms with Crippen LogP contribution in [0.4, 0.5) is 0 Å². The summed E-state index contributed by atoms with van der Waals surface area (Å²) in [5, 5.41) is 8.90. The van der Waals surface area contributed by atoms with E-state index in [4.69, 9.17) is 9.84 Å². The molecule has 0 spiro atoms. The molecule has 1 aromatic rings. The van der Waals surface area contributed by atoms with E-state index in [-0.39, 0.29) is 24.9 Å². The Hall–Kier alpha value is -2.30. The van der Waals surface area contributed by atoms with Gasteiger partial charge in [-0.2, -0.15) is 0 Å². The predicted molar refractivity (Wildman–Crippen MR) is 73.7 cm³/mol. The van der Waals surface area contributed by atoms with E-state index in [1.165, 1.54) is 11.0 Å². The van der Waals surface area contributed by atoms with Crippen molar-refractivity contribution in [2.45, 2.75) is 12.3 Å². The Bertz CT molecular complexity index is 526. The van der Waals surface area contributed by atoms with Crippen molar-refractivity contribution in [2.24, 2.45) is 0 Å². The van der Waals surface area contributed by atoms with Crippen molar-refractivity contribution in [2.75, 3.05) is 19.7 Å². The summed E-state index contributed by atoms with van der Waals surface area (Å²) in [6, 6.07) is 7.38. The molecule has 1 aliphatic heterocycles. The molecule has 0 radical (unpaired) electrons. The number of carboxylic acids is 1. The first-order chi connectivity index (χ1) is 9.63. The molecule has 0 bridgehead atoms. The van der Waals surface area contributed by atoms with Gasteiger partial charge in [-0.15, -0.1) is 6.58 Å². The van der Waals surface area contributed by atoms with Crippen LogP contribution in [0.15, 0.2) is 36.9 Å². The van der Waals surface area contributed by atoms with E-state index in [1.807, 2.05) is 24.3 Å². The van der Waals surface area contributed by atoms with Crippen molar-refractivity contribution in [1.82, 2.24) is 4.90 Å². The second kappa shape index (κ2) is 6.23. The van der Waals surface area contributed by atoms with Gasteiger partial charge in [-0.1, -0.05) is 24.3 Å². The summed E-state index contributed by atoms with van der Waals surface area (Å²) < 4.78 is 5.52. The third kappa shape index (κ3) is 2.99. The van der Waals surface area contributed by atoms with Crippen LogP contribution in [0.2, 0.25) is 0 Å². The largest absolute Gasteiger partial charge is 0.493 e. The Kier molecular flexibility index (Phi) is 4.40. The number of carbonyl (C=O) groups is 2. The summed E-state index contributed by atoms with van der Waals surface area (Å²) in [6.45, 7) is 3.94. The molecule has 1 aromatic carbocycles. The Morgan fingerprint density at radius 3 is 2.90 bits per heavy atom. The van der Waals surface area contributed by atoms with Crippen molar-refractivity contribution in [1.29, 1.82) is 0 Å². The number of carbonyl (C=O) groups excluding carboxylic acids is 1. The van der Waals surface area contributed by atoms with Crippen LogP contribution in [0.3, 0.4) is 0 Å². The van der Waals surface area contributed by atoms with Crippen molar-refractivity contribution >= 4 is 11.9 Å². The quantitative estimate of drug-likeness (QED) is 0.830. The molecule has 1 heterocycles. The Morgan fingerprint density at radius 1 is 1.45 bits per heavy atom. The third-order valence-corrected chi connectivity index (χ3v) is 3.24. The fourth-order valence-corrected chi connectivity index (χ4v) is 2.37. The molecule has 0 saturated carbocycles. The van der Waals surface area contributed by atoms with Gasteiger partial charge >= 0.3 is 5.97 Å². The minimum Gasteiger partial charge on any atom is -0.493 e. The fraction of sp³-hybridized carbons (Fsp3) is 0.333. The Labute approximate surface area is 117 Å². The second-order valence-corrected chi connectivity index (χ2v) is 4.63. The summed E-state index contributed by atoms with van der Waals surface area (Å²) in [4.78, 5) is 24.7. The van der Waals surface area contributed by atoms with Gasteiger partial charge in [-0.25, -0.2) is 0 Å². The number of aliphatic carboxylic acids is 1. The smallest absolute Gasteiger partial charge is 0.323 e. The van der Waals surface area contributed by atoms with E-state index < -0.39 is 5.97 Å². The molecule has 1 atom stereocenters. The molecule has 1 N–H and O–H groups in total. The van der Waals surface area contributed by atoms with Crippen LogP contribution >= 0.6 is 0 Å². The molecule has 0 fully saturated rings. The molecule has 20 heavy (non-hydrogen) atoms. The van der Waals surface area contributed by atoms with Crippen LogP contribution < -0.4 is 4.74 Å². The lowest BCUT2D eigenvalue weighted by atomic mass is 9.92. The standard InChI is InChI=1S/C15H17NO4/c1-2-8-16(10-14(17)18)15(19)12-7-9-20-13-6-4-3-5-11(12)13/h2-6,12H,1,7-10H2,(H,17,18). The topological polar surface area (TPSA) is 66.8 Å². The number of rotatable bonds is 5. The summed E-state index contributed by atoms with van der Waals surface area (Å²) >= 11 is 0. The van der Waals surface area contributed by atoms with Crippen LogP contribution in [0.5, 0.6) is 5.75 Å². The first-order valence-electron chi connectivity index (χ1n) is 6.46. The number of fused-ring (bicyclic) bond motifs is 1. The van der Waals surface area contributed by atoms with E-state index in [0.717, 1.165) is 5.56 Å². The van der Waals surface area contributed by atoms with Crippen LogP contribution in [0.1, 0.15) is 17.9 Å². The van der Waals surface area contributed by atoms with Gasteiger partial charge in [0.15, 0.2) is 0 Å². The maximum atomic E-state index is 12.5. The molecule has 0 aliphatic carbocycles. The molecule has 1 amide bonds. The summed E-state index contributed by atoms with van der Waals surface area (Å²) in [5.41, 5.74) is 0.822. The zero-order chi connectivity index (χ0) is 14.5. The maximum Gasteiger partial charge on any atom is 0.323 e. The molecular weight excluding hydrogens is 258 g/mol. The molecule has 5 nitrogen and oxygen atoms in total. The minimum absolute atomic E-state index is 0.192. The van der Waals surface area contributed by atoms with E-state index in [0.29, 0.717) is 18.8 Å². The van der Waals surface area contributed by atoms with Crippen LogP contribution in [-0.2, 0) is 9.59 Å². The molecular formula is C15H17NO4. The van der Waals surface area contributed by atoms with Crippen molar-refractivity contribution in [3.05, 3.63) is 42.5 Å². The average molecular weight is 275 g/mol. The normalized spacial score (nSPS) is 16.7. The number of benzene rings is 1. The first-order valence-corrected chi connectivity index (χ1v) is 6.46. The van der Waals surface area contributed by atoms with Gasteiger partial charge in [0.2, 0.25) is 5.91 Å². The molecule has 1 aliphatic rings. The molecule has 2 rings (SSSR count). The molecule has 0 aromatic heterocycles. The van der Waals surface area contributed by atoms with Gasteiger partial charge in [-0.3, -0.25) is 9.59 Å².